The third kappa shape index (κ3) is 3.52. The number of halogens is 1. The summed E-state index contributed by atoms with van der Waals surface area (Å²) in [5.74, 6) is 0.567. The van der Waals surface area contributed by atoms with E-state index in [0.717, 1.165) is 6.42 Å². The van der Waals surface area contributed by atoms with E-state index in [1.54, 1.807) is 0 Å². The molecular weight excluding hydrogens is 308 g/mol. The SMILES string of the molecule is Cc1cc(C)c(CC(C)C(Br)c2ccccc2)c(C)c1. The van der Waals surface area contributed by atoms with Gasteiger partial charge in [-0.3, -0.25) is 0 Å². The Morgan fingerprint density at radius 1 is 0.950 bits per heavy atom. The van der Waals surface area contributed by atoms with Crippen LogP contribution in [0.2, 0.25) is 0 Å². The van der Waals surface area contributed by atoms with E-state index < -0.39 is 0 Å². The lowest BCUT2D eigenvalue weighted by molar-refractivity contribution is 0.569. The fourth-order valence-corrected chi connectivity index (χ4v) is 3.41. The molecule has 0 radical (unpaired) electrons. The van der Waals surface area contributed by atoms with Crippen LogP contribution in [-0.2, 0) is 6.42 Å². The molecule has 0 N–H and O–H groups in total. The highest BCUT2D eigenvalue weighted by molar-refractivity contribution is 9.09. The van der Waals surface area contributed by atoms with Crippen LogP contribution in [0.1, 0.15) is 39.6 Å². The van der Waals surface area contributed by atoms with E-state index >= 15 is 0 Å². The Hall–Kier alpha value is -1.08. The quantitative estimate of drug-likeness (QED) is 0.609. The first-order valence-electron chi connectivity index (χ1n) is 7.24. The number of hydrogen-bond donors (Lipinski definition) is 0. The van der Waals surface area contributed by atoms with Crippen molar-refractivity contribution in [1.29, 1.82) is 0 Å². The zero-order valence-corrected chi connectivity index (χ0v) is 14.4. The topological polar surface area (TPSA) is 0 Å². The van der Waals surface area contributed by atoms with Crippen molar-refractivity contribution in [3.63, 3.8) is 0 Å². The number of benzene rings is 2. The van der Waals surface area contributed by atoms with E-state index in [1.807, 2.05) is 0 Å². The Balaban J connectivity index is 2.18. The maximum Gasteiger partial charge on any atom is 0.0424 e. The molecule has 0 amide bonds. The van der Waals surface area contributed by atoms with Crippen LogP contribution >= 0.6 is 15.9 Å². The maximum atomic E-state index is 3.87. The zero-order chi connectivity index (χ0) is 14.7. The Morgan fingerprint density at radius 3 is 2.05 bits per heavy atom. The second-order valence-electron chi connectivity index (χ2n) is 5.87. The van der Waals surface area contributed by atoms with E-state index in [4.69, 9.17) is 0 Å². The molecule has 0 aliphatic rings. The zero-order valence-electron chi connectivity index (χ0n) is 12.8. The van der Waals surface area contributed by atoms with Gasteiger partial charge in [-0.2, -0.15) is 0 Å². The van der Waals surface area contributed by atoms with Crippen LogP contribution in [0, 0.1) is 26.7 Å². The van der Waals surface area contributed by atoms with Gasteiger partial charge < -0.3 is 0 Å². The Bertz CT molecular complexity index is 549. The molecular formula is C19H23Br. The highest BCUT2D eigenvalue weighted by atomic mass is 79.9. The summed E-state index contributed by atoms with van der Waals surface area (Å²) in [5.41, 5.74) is 7.06. The molecule has 0 fully saturated rings. The first-order valence-corrected chi connectivity index (χ1v) is 8.16. The number of alkyl halides is 1. The minimum atomic E-state index is 0.406. The van der Waals surface area contributed by atoms with Crippen molar-refractivity contribution < 1.29 is 0 Å². The van der Waals surface area contributed by atoms with Crippen molar-refractivity contribution >= 4 is 15.9 Å². The third-order valence-corrected chi connectivity index (χ3v) is 5.42. The van der Waals surface area contributed by atoms with Crippen molar-refractivity contribution in [2.24, 2.45) is 5.92 Å². The van der Waals surface area contributed by atoms with Crippen LogP contribution in [0.4, 0.5) is 0 Å². The molecule has 0 aromatic heterocycles. The molecule has 0 nitrogen and oxygen atoms in total. The fourth-order valence-electron chi connectivity index (χ4n) is 2.92. The average molecular weight is 331 g/mol. The van der Waals surface area contributed by atoms with E-state index in [-0.39, 0.29) is 0 Å². The van der Waals surface area contributed by atoms with Gasteiger partial charge in [-0.15, -0.1) is 0 Å². The lowest BCUT2D eigenvalue weighted by Crippen LogP contribution is -2.09. The highest BCUT2D eigenvalue weighted by Crippen LogP contribution is 2.34. The molecule has 2 rings (SSSR count). The van der Waals surface area contributed by atoms with Crippen LogP contribution in [0.3, 0.4) is 0 Å². The molecule has 20 heavy (non-hydrogen) atoms. The monoisotopic (exact) mass is 330 g/mol. The van der Waals surface area contributed by atoms with Gasteiger partial charge in [-0.1, -0.05) is 70.9 Å². The minimum absolute atomic E-state index is 0.406. The lowest BCUT2D eigenvalue weighted by Gasteiger charge is -2.21. The molecule has 0 heterocycles. The third-order valence-electron chi connectivity index (χ3n) is 3.98. The summed E-state index contributed by atoms with van der Waals surface area (Å²) >= 11 is 3.87. The first kappa shape index (κ1) is 15.3. The predicted octanol–water partition coefficient (Wildman–Crippen LogP) is 5.93. The van der Waals surface area contributed by atoms with Gasteiger partial charge in [0.25, 0.3) is 0 Å². The summed E-state index contributed by atoms with van der Waals surface area (Å²) in [4.78, 5) is 0.406. The molecule has 0 aliphatic heterocycles. The van der Waals surface area contributed by atoms with Crippen molar-refractivity contribution in [3.8, 4) is 0 Å². The average Bonchev–Trinajstić information content (AvgIpc) is 2.42. The van der Waals surface area contributed by atoms with Gasteiger partial charge >= 0.3 is 0 Å². The molecule has 2 aromatic carbocycles. The van der Waals surface area contributed by atoms with Gasteiger partial charge in [-0.05, 0) is 55.4 Å². The Labute approximate surface area is 131 Å². The largest absolute Gasteiger partial charge is 0.0836 e. The van der Waals surface area contributed by atoms with Crippen LogP contribution in [0.25, 0.3) is 0 Å². The molecule has 0 saturated heterocycles. The summed E-state index contributed by atoms with van der Waals surface area (Å²) in [6, 6.07) is 15.3. The molecule has 1 heteroatoms. The first-order chi connectivity index (χ1) is 9.49. The van der Waals surface area contributed by atoms with Crippen LogP contribution < -0.4 is 0 Å². The number of hydrogen-bond acceptors (Lipinski definition) is 0. The van der Waals surface area contributed by atoms with Crippen LogP contribution in [0.15, 0.2) is 42.5 Å². The Morgan fingerprint density at radius 2 is 1.50 bits per heavy atom. The fraction of sp³-hybridized carbons (Fsp3) is 0.368. The molecule has 2 atom stereocenters. The molecule has 2 aromatic rings. The molecule has 0 aliphatic carbocycles. The van der Waals surface area contributed by atoms with Gasteiger partial charge in [0.15, 0.2) is 0 Å². The van der Waals surface area contributed by atoms with Crippen molar-refractivity contribution in [2.45, 2.75) is 38.9 Å². The van der Waals surface area contributed by atoms with Gasteiger partial charge in [0.2, 0.25) is 0 Å². The van der Waals surface area contributed by atoms with Crippen molar-refractivity contribution in [1.82, 2.24) is 0 Å². The standard InChI is InChI=1S/C19H23Br/c1-13-10-14(2)18(15(3)11-13)12-16(4)19(20)17-8-6-5-7-9-17/h5-11,16,19H,12H2,1-4H3. The summed E-state index contributed by atoms with van der Waals surface area (Å²) in [6.07, 6.45) is 1.11. The summed E-state index contributed by atoms with van der Waals surface area (Å²) in [7, 11) is 0. The van der Waals surface area contributed by atoms with E-state index in [2.05, 4.69) is 86.1 Å². The van der Waals surface area contributed by atoms with Crippen molar-refractivity contribution in [3.05, 3.63) is 70.3 Å². The summed E-state index contributed by atoms with van der Waals surface area (Å²) in [6.45, 7) is 8.96. The molecule has 0 bridgehead atoms. The molecule has 106 valence electrons. The summed E-state index contributed by atoms with van der Waals surface area (Å²) in [5, 5.41) is 0. The molecule has 0 spiro atoms. The van der Waals surface area contributed by atoms with E-state index in [1.165, 1.54) is 27.8 Å². The van der Waals surface area contributed by atoms with Gasteiger partial charge in [0, 0.05) is 4.83 Å². The smallest absolute Gasteiger partial charge is 0.0424 e. The molecule has 0 saturated carbocycles. The Kier molecular flexibility index (Phi) is 5.04. The normalized spacial score (nSPS) is 14.1. The van der Waals surface area contributed by atoms with Crippen LogP contribution in [-0.4, -0.2) is 0 Å². The number of rotatable bonds is 4. The van der Waals surface area contributed by atoms with Crippen LogP contribution in [0.5, 0.6) is 0 Å². The van der Waals surface area contributed by atoms with E-state index in [0.29, 0.717) is 10.7 Å². The van der Waals surface area contributed by atoms with Gasteiger partial charge in [0.05, 0.1) is 0 Å². The highest BCUT2D eigenvalue weighted by Gasteiger charge is 2.18. The van der Waals surface area contributed by atoms with Gasteiger partial charge in [-0.25, -0.2) is 0 Å². The van der Waals surface area contributed by atoms with E-state index in [9.17, 15) is 0 Å². The maximum absolute atomic E-state index is 3.87. The second kappa shape index (κ2) is 6.58. The minimum Gasteiger partial charge on any atom is -0.0836 e. The number of aryl methyl sites for hydroxylation is 3. The second-order valence-corrected chi connectivity index (χ2v) is 6.86. The molecule has 2 unspecified atom stereocenters. The lowest BCUT2D eigenvalue weighted by atomic mass is 9.89. The van der Waals surface area contributed by atoms with Crippen molar-refractivity contribution in [2.75, 3.05) is 0 Å². The predicted molar refractivity (Wildman–Crippen MR) is 91.6 cm³/mol. The summed E-state index contributed by atoms with van der Waals surface area (Å²) < 4.78 is 0. The van der Waals surface area contributed by atoms with Gasteiger partial charge in [0.1, 0.15) is 0 Å².